The van der Waals surface area contributed by atoms with Crippen molar-refractivity contribution in [3.63, 3.8) is 0 Å². The van der Waals surface area contributed by atoms with Gasteiger partial charge in [-0.15, -0.1) is 0 Å². The van der Waals surface area contributed by atoms with E-state index < -0.39 is 0 Å². The van der Waals surface area contributed by atoms with Crippen LogP contribution in [0.1, 0.15) is 18.1 Å². The quantitative estimate of drug-likeness (QED) is 0.789. The Balaban J connectivity index is 1.85. The van der Waals surface area contributed by atoms with Crippen LogP contribution in [0, 0.1) is 5.82 Å². The lowest BCUT2D eigenvalue weighted by Crippen LogP contribution is -2.40. The van der Waals surface area contributed by atoms with Gasteiger partial charge in [0, 0.05) is 25.6 Å². The highest BCUT2D eigenvalue weighted by Gasteiger charge is 2.14. The Kier molecular flexibility index (Phi) is 7.14. The average molecular weight is 358 g/mol. The second-order valence-electron chi connectivity index (χ2n) is 5.91. The minimum atomic E-state index is -0.365. The monoisotopic (exact) mass is 358 g/mol. The molecule has 5 nitrogen and oxygen atoms in total. The fourth-order valence-electron chi connectivity index (χ4n) is 2.47. The molecule has 0 aromatic heterocycles. The van der Waals surface area contributed by atoms with Gasteiger partial charge < -0.3 is 15.0 Å². The van der Waals surface area contributed by atoms with Gasteiger partial charge in [0.05, 0.1) is 13.7 Å². The van der Waals surface area contributed by atoms with Crippen LogP contribution in [0.25, 0.3) is 0 Å². The van der Waals surface area contributed by atoms with Gasteiger partial charge in [0.15, 0.2) is 0 Å². The summed E-state index contributed by atoms with van der Waals surface area (Å²) in [7, 11) is 1.60. The number of halogens is 1. The van der Waals surface area contributed by atoms with Crippen molar-refractivity contribution in [3.05, 3.63) is 65.5 Å². The van der Waals surface area contributed by atoms with Gasteiger partial charge in [0.25, 0.3) is 0 Å². The highest BCUT2D eigenvalue weighted by atomic mass is 19.1. The molecule has 2 rings (SSSR count). The third-order valence-electron chi connectivity index (χ3n) is 4.04. The number of nitrogens with one attached hydrogen (secondary N) is 1. The standard InChI is InChI=1S/C20H23FN2O3/c1-15(24)23(12-11-16-7-9-18(26-2)10-8-16)14-20(25)22-13-17-5-3-4-6-19(17)21/h3-10H,11-14H2,1-2H3,(H,22,25). The van der Waals surface area contributed by atoms with Crippen LogP contribution in [0.2, 0.25) is 0 Å². The van der Waals surface area contributed by atoms with Crippen molar-refractivity contribution in [2.45, 2.75) is 19.9 Å². The molecule has 0 radical (unpaired) electrons. The van der Waals surface area contributed by atoms with Crippen LogP contribution in [-0.4, -0.2) is 36.9 Å². The van der Waals surface area contributed by atoms with Gasteiger partial charge in [-0.05, 0) is 30.2 Å². The van der Waals surface area contributed by atoms with E-state index in [0.29, 0.717) is 18.5 Å². The Morgan fingerprint density at radius 3 is 2.42 bits per heavy atom. The zero-order valence-corrected chi connectivity index (χ0v) is 15.0. The number of carbonyl (C=O) groups is 2. The second-order valence-corrected chi connectivity index (χ2v) is 5.91. The molecule has 0 aliphatic carbocycles. The van der Waals surface area contributed by atoms with E-state index in [1.807, 2.05) is 24.3 Å². The average Bonchev–Trinajstić information content (AvgIpc) is 2.64. The van der Waals surface area contributed by atoms with Crippen molar-refractivity contribution in [2.75, 3.05) is 20.2 Å². The molecule has 0 saturated heterocycles. The maximum absolute atomic E-state index is 13.6. The SMILES string of the molecule is COc1ccc(CCN(CC(=O)NCc2ccccc2F)C(C)=O)cc1. The molecular formula is C20H23FN2O3. The Morgan fingerprint density at radius 1 is 1.12 bits per heavy atom. The molecule has 138 valence electrons. The van der Waals surface area contributed by atoms with Crippen molar-refractivity contribution in [3.8, 4) is 5.75 Å². The van der Waals surface area contributed by atoms with Crippen molar-refractivity contribution in [1.29, 1.82) is 0 Å². The first-order chi connectivity index (χ1) is 12.5. The van der Waals surface area contributed by atoms with Gasteiger partial charge in [-0.25, -0.2) is 4.39 Å². The fourth-order valence-corrected chi connectivity index (χ4v) is 2.47. The summed E-state index contributed by atoms with van der Waals surface area (Å²) in [5.41, 5.74) is 1.46. The first kappa shape index (κ1) is 19.4. The molecule has 0 aliphatic rings. The number of hydrogen-bond donors (Lipinski definition) is 1. The maximum Gasteiger partial charge on any atom is 0.239 e. The van der Waals surface area contributed by atoms with E-state index in [2.05, 4.69) is 5.32 Å². The number of ether oxygens (including phenoxy) is 1. The van der Waals surface area contributed by atoms with Crippen LogP contribution in [0.3, 0.4) is 0 Å². The summed E-state index contributed by atoms with van der Waals surface area (Å²) >= 11 is 0. The smallest absolute Gasteiger partial charge is 0.239 e. The van der Waals surface area contributed by atoms with Crippen LogP contribution >= 0.6 is 0 Å². The lowest BCUT2D eigenvalue weighted by Gasteiger charge is -2.20. The normalized spacial score (nSPS) is 10.3. The number of rotatable bonds is 8. The van der Waals surface area contributed by atoms with E-state index in [1.165, 1.54) is 17.9 Å². The first-order valence-corrected chi connectivity index (χ1v) is 8.38. The summed E-state index contributed by atoms with van der Waals surface area (Å²) in [4.78, 5) is 25.4. The van der Waals surface area contributed by atoms with Gasteiger partial charge in [0.2, 0.25) is 11.8 Å². The number of carbonyl (C=O) groups excluding carboxylic acids is 2. The van der Waals surface area contributed by atoms with Crippen molar-refractivity contribution >= 4 is 11.8 Å². The molecule has 0 spiro atoms. The summed E-state index contributed by atoms with van der Waals surface area (Å²) in [6.45, 7) is 1.89. The minimum Gasteiger partial charge on any atom is -0.497 e. The van der Waals surface area contributed by atoms with E-state index >= 15 is 0 Å². The van der Waals surface area contributed by atoms with Gasteiger partial charge >= 0.3 is 0 Å². The molecule has 2 aromatic carbocycles. The number of nitrogens with zero attached hydrogens (tertiary/aromatic N) is 1. The highest BCUT2D eigenvalue weighted by Crippen LogP contribution is 2.12. The molecule has 0 bridgehead atoms. The molecule has 0 heterocycles. The zero-order valence-electron chi connectivity index (χ0n) is 15.0. The van der Waals surface area contributed by atoms with Crippen molar-refractivity contribution < 1.29 is 18.7 Å². The van der Waals surface area contributed by atoms with E-state index in [4.69, 9.17) is 4.74 Å². The van der Waals surface area contributed by atoms with E-state index in [0.717, 1.165) is 11.3 Å². The van der Waals surface area contributed by atoms with Crippen LogP contribution in [-0.2, 0) is 22.6 Å². The van der Waals surface area contributed by atoms with Gasteiger partial charge in [0.1, 0.15) is 11.6 Å². The summed E-state index contributed by atoms with van der Waals surface area (Å²) < 4.78 is 18.7. The number of benzene rings is 2. The molecule has 2 aromatic rings. The Labute approximate surface area is 152 Å². The Morgan fingerprint density at radius 2 is 1.81 bits per heavy atom. The summed E-state index contributed by atoms with van der Waals surface area (Å²) in [6.07, 6.45) is 0.629. The molecule has 0 atom stereocenters. The molecule has 0 aliphatic heterocycles. The van der Waals surface area contributed by atoms with E-state index in [1.54, 1.807) is 25.3 Å². The lowest BCUT2D eigenvalue weighted by molar-refractivity contribution is -0.134. The third kappa shape index (κ3) is 5.88. The summed E-state index contributed by atoms with van der Waals surface area (Å²) in [6, 6.07) is 13.8. The fraction of sp³-hybridized carbons (Fsp3) is 0.300. The Bertz CT molecular complexity index is 747. The van der Waals surface area contributed by atoms with Crippen molar-refractivity contribution in [1.82, 2.24) is 10.2 Å². The molecule has 0 unspecified atom stereocenters. The molecule has 6 heteroatoms. The third-order valence-corrected chi connectivity index (χ3v) is 4.04. The molecule has 26 heavy (non-hydrogen) atoms. The zero-order chi connectivity index (χ0) is 18.9. The van der Waals surface area contributed by atoms with Gasteiger partial charge in [-0.3, -0.25) is 9.59 Å². The minimum absolute atomic E-state index is 0.0556. The van der Waals surface area contributed by atoms with E-state index in [-0.39, 0.29) is 30.7 Å². The topological polar surface area (TPSA) is 58.6 Å². The number of methoxy groups -OCH3 is 1. The molecule has 0 saturated carbocycles. The summed E-state index contributed by atoms with van der Waals surface area (Å²) in [5, 5.41) is 2.65. The second kappa shape index (κ2) is 9.56. The number of amides is 2. The summed E-state index contributed by atoms with van der Waals surface area (Å²) in [5.74, 6) is -0.0989. The van der Waals surface area contributed by atoms with Crippen molar-refractivity contribution in [2.24, 2.45) is 0 Å². The van der Waals surface area contributed by atoms with Gasteiger partial charge in [-0.2, -0.15) is 0 Å². The predicted octanol–water partition coefficient (Wildman–Crippen LogP) is 2.54. The maximum atomic E-state index is 13.6. The van der Waals surface area contributed by atoms with Crippen LogP contribution < -0.4 is 10.1 Å². The van der Waals surface area contributed by atoms with Gasteiger partial charge in [-0.1, -0.05) is 30.3 Å². The van der Waals surface area contributed by atoms with E-state index in [9.17, 15) is 14.0 Å². The molecule has 0 fully saturated rings. The van der Waals surface area contributed by atoms with Crippen LogP contribution in [0.5, 0.6) is 5.75 Å². The predicted molar refractivity (Wildman–Crippen MR) is 97.2 cm³/mol. The van der Waals surface area contributed by atoms with Crippen LogP contribution in [0.4, 0.5) is 4.39 Å². The lowest BCUT2D eigenvalue weighted by atomic mass is 10.1. The largest absolute Gasteiger partial charge is 0.497 e. The molecular weight excluding hydrogens is 335 g/mol. The molecule has 1 N–H and O–H groups in total. The molecule has 2 amide bonds. The van der Waals surface area contributed by atoms with Crippen LogP contribution in [0.15, 0.2) is 48.5 Å². The first-order valence-electron chi connectivity index (χ1n) is 8.38. The highest BCUT2D eigenvalue weighted by molar-refractivity contribution is 5.83. The number of hydrogen-bond acceptors (Lipinski definition) is 3. The Hall–Kier alpha value is -2.89.